The number of hydrogen-bond donors (Lipinski definition) is 0. The first-order chi connectivity index (χ1) is 6.07. The predicted molar refractivity (Wildman–Crippen MR) is 58.8 cm³/mol. The molecule has 66 valence electrons. The van der Waals surface area contributed by atoms with Crippen LogP contribution in [0.3, 0.4) is 0 Å². The lowest BCUT2D eigenvalue weighted by Gasteiger charge is -2.03. The maximum absolute atomic E-state index is 10.9. The third-order valence-electron chi connectivity index (χ3n) is 1.72. The second-order valence-electron chi connectivity index (χ2n) is 2.49. The highest BCUT2D eigenvalue weighted by molar-refractivity contribution is 14.1. The highest BCUT2D eigenvalue weighted by atomic mass is 127. The van der Waals surface area contributed by atoms with E-state index in [9.17, 15) is 4.79 Å². The van der Waals surface area contributed by atoms with Gasteiger partial charge in [-0.1, -0.05) is 0 Å². The molecule has 0 aliphatic heterocycles. The molecule has 0 N–H and O–H groups in total. The Labute approximate surface area is 94.6 Å². The van der Waals surface area contributed by atoms with Gasteiger partial charge in [0.2, 0.25) is 0 Å². The topological polar surface area (TPSA) is 40.9 Å². The number of hydrogen-bond acceptors (Lipinski definition) is 2. The van der Waals surface area contributed by atoms with Crippen LogP contribution in [0, 0.1) is 21.8 Å². The maximum Gasteiger partial charge on any atom is 0.253 e. The smallest absolute Gasteiger partial charge is 0.253 e. The van der Waals surface area contributed by atoms with Gasteiger partial charge >= 0.3 is 0 Å². The number of carbonyl (C=O) groups is 1. The van der Waals surface area contributed by atoms with Crippen LogP contribution in [0.5, 0.6) is 0 Å². The molecular weight excluding hydrogens is 300 g/mol. The number of benzene rings is 1. The van der Waals surface area contributed by atoms with Gasteiger partial charge in [0.25, 0.3) is 5.24 Å². The van der Waals surface area contributed by atoms with Gasteiger partial charge in [-0.25, -0.2) is 0 Å². The summed E-state index contributed by atoms with van der Waals surface area (Å²) in [6.07, 6.45) is 0. The Morgan fingerprint density at radius 2 is 2.23 bits per heavy atom. The molecule has 1 aromatic rings. The summed E-state index contributed by atoms with van der Waals surface area (Å²) < 4.78 is 0.747. The SMILES string of the molecule is Cc1c(C#N)ccc(C(=O)Cl)c1I. The lowest BCUT2D eigenvalue weighted by Crippen LogP contribution is -1.97. The second-order valence-corrected chi connectivity index (χ2v) is 3.91. The molecule has 0 bridgehead atoms. The summed E-state index contributed by atoms with van der Waals surface area (Å²) in [6, 6.07) is 5.22. The van der Waals surface area contributed by atoms with E-state index in [1.807, 2.05) is 28.7 Å². The Bertz CT molecular complexity index is 409. The molecule has 0 atom stereocenters. The Hall–Kier alpha value is -0.600. The van der Waals surface area contributed by atoms with Crippen molar-refractivity contribution in [3.05, 3.63) is 32.4 Å². The van der Waals surface area contributed by atoms with E-state index in [0.29, 0.717) is 11.1 Å². The van der Waals surface area contributed by atoms with Crippen LogP contribution in [0.4, 0.5) is 0 Å². The lowest BCUT2D eigenvalue weighted by molar-refractivity contribution is 0.108. The van der Waals surface area contributed by atoms with Crippen LogP contribution in [0.1, 0.15) is 21.5 Å². The van der Waals surface area contributed by atoms with Crippen molar-refractivity contribution >= 4 is 39.4 Å². The number of nitrogens with zero attached hydrogens (tertiary/aromatic N) is 1. The summed E-state index contributed by atoms with van der Waals surface area (Å²) in [5.74, 6) is 0. The van der Waals surface area contributed by atoms with Crippen molar-refractivity contribution in [3.8, 4) is 6.07 Å². The van der Waals surface area contributed by atoms with Crippen LogP contribution in [0.25, 0.3) is 0 Å². The van der Waals surface area contributed by atoms with Gasteiger partial charge in [-0.05, 0) is 58.8 Å². The quantitative estimate of drug-likeness (QED) is 0.591. The Kier molecular flexibility index (Phi) is 3.28. The van der Waals surface area contributed by atoms with Gasteiger partial charge in [0, 0.05) is 9.13 Å². The summed E-state index contributed by atoms with van der Waals surface area (Å²) in [4.78, 5) is 10.9. The molecule has 0 radical (unpaired) electrons. The lowest BCUT2D eigenvalue weighted by atomic mass is 10.1. The molecule has 0 aromatic heterocycles. The summed E-state index contributed by atoms with van der Waals surface area (Å²) in [5, 5.41) is 8.21. The molecule has 13 heavy (non-hydrogen) atoms. The Morgan fingerprint density at radius 1 is 1.62 bits per heavy atom. The minimum absolute atomic E-state index is 0.457. The average Bonchev–Trinajstić information content (AvgIpc) is 2.09. The number of nitriles is 1. The molecule has 0 saturated carbocycles. The van der Waals surface area contributed by atoms with E-state index in [1.54, 1.807) is 19.1 Å². The summed E-state index contributed by atoms with van der Waals surface area (Å²) in [6.45, 7) is 1.80. The van der Waals surface area contributed by atoms with Crippen LogP contribution in [0.2, 0.25) is 0 Å². The van der Waals surface area contributed by atoms with Crippen molar-refractivity contribution in [2.45, 2.75) is 6.92 Å². The average molecular weight is 306 g/mol. The van der Waals surface area contributed by atoms with Crippen LogP contribution >= 0.6 is 34.2 Å². The van der Waals surface area contributed by atoms with Gasteiger partial charge in [-0.15, -0.1) is 0 Å². The fraction of sp³-hybridized carbons (Fsp3) is 0.111. The summed E-state index contributed by atoms with van der Waals surface area (Å²) in [7, 11) is 0. The minimum atomic E-state index is -0.489. The van der Waals surface area contributed by atoms with Crippen molar-refractivity contribution in [1.29, 1.82) is 5.26 Å². The third kappa shape index (κ3) is 2.01. The van der Waals surface area contributed by atoms with Crippen molar-refractivity contribution in [3.63, 3.8) is 0 Å². The van der Waals surface area contributed by atoms with E-state index < -0.39 is 5.24 Å². The van der Waals surface area contributed by atoms with Crippen LogP contribution in [0.15, 0.2) is 12.1 Å². The Balaban J connectivity index is 3.42. The normalized spacial score (nSPS) is 9.38. The highest BCUT2D eigenvalue weighted by Crippen LogP contribution is 2.21. The zero-order valence-corrected chi connectivity index (χ0v) is 9.68. The van der Waals surface area contributed by atoms with Crippen molar-refractivity contribution < 1.29 is 4.79 Å². The number of halogens is 2. The molecule has 1 aromatic carbocycles. The summed E-state index contributed by atoms with van der Waals surface area (Å²) in [5.41, 5.74) is 1.83. The minimum Gasteiger partial charge on any atom is -0.276 e. The van der Waals surface area contributed by atoms with E-state index in [1.165, 1.54) is 0 Å². The highest BCUT2D eigenvalue weighted by Gasteiger charge is 2.11. The fourth-order valence-electron chi connectivity index (χ4n) is 0.958. The second kappa shape index (κ2) is 4.07. The van der Waals surface area contributed by atoms with Gasteiger partial charge < -0.3 is 0 Å². The van der Waals surface area contributed by atoms with Crippen molar-refractivity contribution in [2.75, 3.05) is 0 Å². The van der Waals surface area contributed by atoms with E-state index >= 15 is 0 Å². The first-order valence-electron chi connectivity index (χ1n) is 3.47. The van der Waals surface area contributed by atoms with E-state index in [0.717, 1.165) is 9.13 Å². The van der Waals surface area contributed by atoms with Gasteiger partial charge in [-0.3, -0.25) is 4.79 Å². The molecule has 0 amide bonds. The van der Waals surface area contributed by atoms with Gasteiger partial charge in [0.15, 0.2) is 0 Å². The molecule has 0 aliphatic rings. The molecule has 4 heteroatoms. The molecule has 1 rings (SSSR count). The molecule has 0 fully saturated rings. The number of carbonyl (C=O) groups excluding carboxylic acids is 1. The molecular formula is C9H5ClINO. The van der Waals surface area contributed by atoms with Crippen molar-refractivity contribution in [2.24, 2.45) is 0 Å². The van der Waals surface area contributed by atoms with Crippen LogP contribution in [-0.4, -0.2) is 5.24 Å². The molecule has 0 spiro atoms. The summed E-state index contributed by atoms with van der Waals surface area (Å²) >= 11 is 7.36. The largest absolute Gasteiger partial charge is 0.276 e. The predicted octanol–water partition coefficient (Wildman–Crippen LogP) is 2.85. The van der Waals surface area contributed by atoms with E-state index in [4.69, 9.17) is 16.9 Å². The Morgan fingerprint density at radius 3 is 2.69 bits per heavy atom. The molecule has 2 nitrogen and oxygen atoms in total. The molecule has 0 aliphatic carbocycles. The van der Waals surface area contributed by atoms with Crippen LogP contribution in [-0.2, 0) is 0 Å². The van der Waals surface area contributed by atoms with Gasteiger partial charge in [-0.2, -0.15) is 5.26 Å². The monoisotopic (exact) mass is 305 g/mol. The van der Waals surface area contributed by atoms with E-state index in [-0.39, 0.29) is 0 Å². The number of rotatable bonds is 1. The first kappa shape index (κ1) is 10.5. The van der Waals surface area contributed by atoms with Crippen molar-refractivity contribution in [1.82, 2.24) is 0 Å². The van der Waals surface area contributed by atoms with Gasteiger partial charge in [0.05, 0.1) is 11.6 Å². The van der Waals surface area contributed by atoms with E-state index in [2.05, 4.69) is 0 Å². The van der Waals surface area contributed by atoms with Crippen LogP contribution < -0.4 is 0 Å². The van der Waals surface area contributed by atoms with Gasteiger partial charge in [0.1, 0.15) is 0 Å². The molecule has 0 saturated heterocycles. The maximum atomic E-state index is 10.9. The first-order valence-corrected chi connectivity index (χ1v) is 4.92. The molecule has 0 heterocycles. The fourth-order valence-corrected chi connectivity index (χ4v) is 1.99. The standard InChI is InChI=1S/C9H5ClINO/c1-5-6(4-12)2-3-7(8(5)11)9(10)13/h2-3H,1H3. The zero-order valence-electron chi connectivity index (χ0n) is 6.77. The zero-order chi connectivity index (χ0) is 10.0. The third-order valence-corrected chi connectivity index (χ3v) is 3.31. The molecule has 0 unspecified atom stereocenters.